The van der Waals surface area contributed by atoms with Crippen molar-refractivity contribution < 1.29 is 9.90 Å². The van der Waals surface area contributed by atoms with Crippen LogP contribution >= 0.6 is 0 Å². The van der Waals surface area contributed by atoms with Crippen molar-refractivity contribution >= 4 is 5.97 Å². The van der Waals surface area contributed by atoms with Gasteiger partial charge in [0, 0.05) is 5.92 Å². The van der Waals surface area contributed by atoms with Crippen molar-refractivity contribution in [3.05, 3.63) is 27.4 Å². The maximum absolute atomic E-state index is 11.9. The van der Waals surface area contributed by atoms with Crippen molar-refractivity contribution in [2.75, 3.05) is 0 Å². The average molecular weight is 236 g/mol. The molecular weight excluding hydrogens is 220 g/mol. The Hall–Kier alpha value is -1.65. The number of nitrogens with zero attached hydrogens (tertiary/aromatic N) is 1. The van der Waals surface area contributed by atoms with Crippen LogP contribution < -0.4 is 5.56 Å². The van der Waals surface area contributed by atoms with E-state index in [9.17, 15) is 9.59 Å². The lowest BCUT2D eigenvalue weighted by atomic mass is 10.0. The molecule has 17 heavy (non-hydrogen) atoms. The van der Waals surface area contributed by atoms with E-state index in [2.05, 4.69) is 9.97 Å². The number of aliphatic carboxylic acids is 1. The first kappa shape index (κ1) is 11.8. The summed E-state index contributed by atoms with van der Waals surface area (Å²) in [6, 6.07) is 0. The van der Waals surface area contributed by atoms with Crippen LogP contribution in [0.4, 0.5) is 0 Å². The first-order valence-electron chi connectivity index (χ1n) is 5.83. The fourth-order valence-corrected chi connectivity index (χ4v) is 1.88. The van der Waals surface area contributed by atoms with Gasteiger partial charge >= 0.3 is 5.97 Å². The van der Waals surface area contributed by atoms with Crippen LogP contribution in [0.5, 0.6) is 0 Å². The van der Waals surface area contributed by atoms with E-state index in [1.165, 1.54) is 0 Å². The lowest BCUT2D eigenvalue weighted by Gasteiger charge is -2.11. The van der Waals surface area contributed by atoms with Crippen LogP contribution in [0, 0.1) is 0 Å². The average Bonchev–Trinajstić information content (AvgIpc) is 3.03. The Bertz CT molecular complexity index is 501. The molecule has 0 aromatic carbocycles. The zero-order chi connectivity index (χ0) is 12.6. The van der Waals surface area contributed by atoms with Gasteiger partial charge in [0.15, 0.2) is 0 Å². The normalized spacial score (nSPS) is 15.2. The van der Waals surface area contributed by atoms with Gasteiger partial charge in [0.1, 0.15) is 5.82 Å². The van der Waals surface area contributed by atoms with Crippen molar-refractivity contribution in [1.82, 2.24) is 9.97 Å². The Morgan fingerprint density at radius 1 is 1.53 bits per heavy atom. The summed E-state index contributed by atoms with van der Waals surface area (Å²) in [4.78, 5) is 29.8. The van der Waals surface area contributed by atoms with Crippen LogP contribution in [0.15, 0.2) is 4.79 Å². The first-order valence-corrected chi connectivity index (χ1v) is 5.83. The van der Waals surface area contributed by atoms with Crippen LogP contribution in [0.2, 0.25) is 0 Å². The van der Waals surface area contributed by atoms with Gasteiger partial charge < -0.3 is 10.1 Å². The third-order valence-electron chi connectivity index (χ3n) is 2.90. The minimum atomic E-state index is -1.00. The zero-order valence-corrected chi connectivity index (χ0v) is 9.99. The second-order valence-corrected chi connectivity index (χ2v) is 4.81. The van der Waals surface area contributed by atoms with E-state index in [4.69, 9.17) is 5.11 Å². The molecule has 1 aliphatic rings. The number of carboxylic acid groups (broad SMARTS) is 1. The molecule has 1 aromatic heterocycles. The van der Waals surface area contributed by atoms with E-state index in [1.54, 1.807) is 0 Å². The number of nitrogens with one attached hydrogen (secondary N) is 1. The molecule has 1 aliphatic carbocycles. The van der Waals surface area contributed by atoms with E-state index in [-0.39, 0.29) is 23.5 Å². The molecule has 1 heterocycles. The molecule has 92 valence electrons. The lowest BCUT2D eigenvalue weighted by molar-refractivity contribution is -0.136. The van der Waals surface area contributed by atoms with Crippen molar-refractivity contribution in [2.24, 2.45) is 0 Å². The molecule has 0 bridgehead atoms. The predicted octanol–water partition coefficient (Wildman–Crippen LogP) is 1.40. The highest BCUT2D eigenvalue weighted by Crippen LogP contribution is 2.38. The number of aromatic nitrogens is 2. The number of hydrogen-bond acceptors (Lipinski definition) is 3. The van der Waals surface area contributed by atoms with Crippen molar-refractivity contribution in [1.29, 1.82) is 0 Å². The molecule has 0 radical (unpaired) electrons. The first-order chi connectivity index (χ1) is 7.99. The Labute approximate surface area is 98.9 Å². The summed E-state index contributed by atoms with van der Waals surface area (Å²) in [5.41, 5.74) is 0.614. The summed E-state index contributed by atoms with van der Waals surface area (Å²) in [7, 11) is 0. The van der Waals surface area contributed by atoms with Gasteiger partial charge in [-0.25, -0.2) is 4.98 Å². The SMILES string of the molecule is CC(C)c1nc(C2CC2)[nH]c(=O)c1CC(=O)O. The molecule has 0 aliphatic heterocycles. The Kier molecular flexibility index (Phi) is 3.00. The van der Waals surface area contributed by atoms with Gasteiger partial charge in [-0.05, 0) is 18.8 Å². The summed E-state index contributed by atoms with van der Waals surface area (Å²) in [5, 5.41) is 8.81. The van der Waals surface area contributed by atoms with Gasteiger partial charge in [-0.1, -0.05) is 13.8 Å². The van der Waals surface area contributed by atoms with Crippen LogP contribution in [-0.4, -0.2) is 21.0 Å². The molecular formula is C12H16N2O3. The molecule has 1 fully saturated rings. The maximum atomic E-state index is 11.9. The number of rotatable bonds is 4. The number of hydrogen-bond donors (Lipinski definition) is 2. The van der Waals surface area contributed by atoms with E-state index in [0.717, 1.165) is 12.8 Å². The Morgan fingerprint density at radius 2 is 2.18 bits per heavy atom. The van der Waals surface area contributed by atoms with Gasteiger partial charge in [0.2, 0.25) is 0 Å². The van der Waals surface area contributed by atoms with Crippen molar-refractivity contribution in [2.45, 2.75) is 44.9 Å². The van der Waals surface area contributed by atoms with Crippen LogP contribution in [0.3, 0.4) is 0 Å². The molecule has 0 unspecified atom stereocenters. The van der Waals surface area contributed by atoms with Gasteiger partial charge in [0.25, 0.3) is 5.56 Å². The fraction of sp³-hybridized carbons (Fsp3) is 0.583. The van der Waals surface area contributed by atoms with Crippen molar-refractivity contribution in [3.8, 4) is 0 Å². The van der Waals surface area contributed by atoms with Crippen LogP contribution in [-0.2, 0) is 11.2 Å². The van der Waals surface area contributed by atoms with E-state index in [1.807, 2.05) is 13.8 Å². The largest absolute Gasteiger partial charge is 0.481 e. The number of carbonyl (C=O) groups is 1. The highest BCUT2D eigenvalue weighted by atomic mass is 16.4. The van der Waals surface area contributed by atoms with E-state index < -0.39 is 5.97 Å². The quantitative estimate of drug-likeness (QED) is 0.827. The monoisotopic (exact) mass is 236 g/mol. The van der Waals surface area contributed by atoms with Gasteiger partial charge in [-0.15, -0.1) is 0 Å². The van der Waals surface area contributed by atoms with Crippen LogP contribution in [0.1, 0.15) is 55.6 Å². The van der Waals surface area contributed by atoms with E-state index >= 15 is 0 Å². The minimum absolute atomic E-state index is 0.0594. The third-order valence-corrected chi connectivity index (χ3v) is 2.90. The van der Waals surface area contributed by atoms with Gasteiger partial charge in [0.05, 0.1) is 17.7 Å². The van der Waals surface area contributed by atoms with Gasteiger partial charge in [-0.2, -0.15) is 0 Å². The second kappa shape index (κ2) is 4.31. The van der Waals surface area contributed by atoms with Crippen LogP contribution in [0.25, 0.3) is 0 Å². The molecule has 1 aromatic rings. The molecule has 2 rings (SSSR count). The number of aromatic amines is 1. The van der Waals surface area contributed by atoms with Gasteiger partial charge in [-0.3, -0.25) is 9.59 Å². The van der Waals surface area contributed by atoms with Crippen molar-refractivity contribution in [3.63, 3.8) is 0 Å². The molecule has 0 spiro atoms. The minimum Gasteiger partial charge on any atom is -0.481 e. The summed E-state index contributed by atoms with van der Waals surface area (Å²) >= 11 is 0. The summed E-state index contributed by atoms with van der Waals surface area (Å²) in [6.07, 6.45) is 1.85. The number of carboxylic acids is 1. The standard InChI is InChI=1S/C12H16N2O3/c1-6(2)10-8(5-9(15)16)12(17)14-11(13-10)7-3-4-7/h6-7H,3-5H2,1-2H3,(H,15,16)(H,13,14,17). The molecule has 0 amide bonds. The molecule has 0 atom stereocenters. The molecule has 2 N–H and O–H groups in total. The smallest absolute Gasteiger partial charge is 0.308 e. The summed E-state index contributed by atoms with van der Waals surface area (Å²) < 4.78 is 0. The Morgan fingerprint density at radius 3 is 2.65 bits per heavy atom. The topological polar surface area (TPSA) is 83.0 Å². The highest BCUT2D eigenvalue weighted by molar-refractivity contribution is 5.70. The highest BCUT2D eigenvalue weighted by Gasteiger charge is 2.28. The second-order valence-electron chi connectivity index (χ2n) is 4.81. The van der Waals surface area contributed by atoms with E-state index in [0.29, 0.717) is 17.4 Å². The third kappa shape index (κ3) is 2.54. The molecule has 5 nitrogen and oxygen atoms in total. The maximum Gasteiger partial charge on any atom is 0.308 e. The molecule has 1 saturated carbocycles. The summed E-state index contributed by atoms with van der Waals surface area (Å²) in [6.45, 7) is 3.84. The predicted molar refractivity (Wildman–Crippen MR) is 62.3 cm³/mol. The lowest BCUT2D eigenvalue weighted by Crippen LogP contribution is -2.23. The summed E-state index contributed by atoms with van der Waals surface area (Å²) in [5.74, 6) is 0.134. The Balaban J connectivity index is 2.48. The zero-order valence-electron chi connectivity index (χ0n) is 9.99. The number of H-pyrrole nitrogens is 1. The molecule has 0 saturated heterocycles. The molecule has 5 heteroatoms. The fourth-order valence-electron chi connectivity index (χ4n) is 1.88.